The van der Waals surface area contributed by atoms with Gasteiger partial charge in [-0.15, -0.1) is 11.3 Å². The number of rotatable bonds is 6. The fourth-order valence-corrected chi connectivity index (χ4v) is 3.74. The van der Waals surface area contributed by atoms with E-state index in [2.05, 4.69) is 20.5 Å². The molecule has 0 radical (unpaired) electrons. The molecule has 0 fully saturated rings. The highest BCUT2D eigenvalue weighted by Crippen LogP contribution is 2.26. The van der Waals surface area contributed by atoms with Gasteiger partial charge in [-0.2, -0.15) is 10.1 Å². The lowest BCUT2D eigenvalue weighted by molar-refractivity contribution is 0.0949. The van der Waals surface area contributed by atoms with E-state index in [-0.39, 0.29) is 5.69 Å². The summed E-state index contributed by atoms with van der Waals surface area (Å²) in [5, 5.41) is 7.95. The number of nitrogens with one attached hydrogen (secondary N) is 2. The van der Waals surface area contributed by atoms with Crippen molar-refractivity contribution in [1.29, 1.82) is 0 Å². The molecule has 150 valence electrons. The summed E-state index contributed by atoms with van der Waals surface area (Å²) < 4.78 is 5.70. The van der Waals surface area contributed by atoms with Crippen LogP contribution in [-0.4, -0.2) is 28.7 Å². The summed E-state index contributed by atoms with van der Waals surface area (Å²) in [5.74, 6) is 0.0943. The van der Waals surface area contributed by atoms with E-state index in [1.807, 2.05) is 60.8 Å². The molecule has 0 spiro atoms. The van der Waals surface area contributed by atoms with Crippen LogP contribution in [0.2, 0.25) is 0 Å². The van der Waals surface area contributed by atoms with Gasteiger partial charge in [0.05, 0.1) is 23.4 Å². The molecule has 2 heterocycles. The Morgan fingerprint density at radius 3 is 2.90 bits per heavy atom. The zero-order valence-electron chi connectivity index (χ0n) is 16.1. The number of hydrazone groups is 1. The van der Waals surface area contributed by atoms with E-state index in [0.29, 0.717) is 18.1 Å². The number of H-pyrrole nitrogens is 1. The monoisotopic (exact) mass is 418 g/mol. The first-order valence-corrected chi connectivity index (χ1v) is 10.2. The zero-order valence-corrected chi connectivity index (χ0v) is 16.9. The fraction of sp³-hybridized carbons (Fsp3) is 0.0909. The van der Waals surface area contributed by atoms with Crippen LogP contribution in [0.25, 0.3) is 21.3 Å². The summed E-state index contributed by atoms with van der Waals surface area (Å²) in [6.45, 7) is 2.41. The number of aromatic nitrogens is 2. The largest absolute Gasteiger partial charge is 0.493 e. The third kappa shape index (κ3) is 4.13. The molecule has 2 aromatic heterocycles. The summed E-state index contributed by atoms with van der Waals surface area (Å²) in [5.41, 5.74) is 3.13. The minimum absolute atomic E-state index is 0.0118. The lowest BCUT2D eigenvalue weighted by Crippen LogP contribution is -2.24. The van der Waals surface area contributed by atoms with Crippen molar-refractivity contribution in [1.82, 2.24) is 15.4 Å². The van der Waals surface area contributed by atoms with Crippen LogP contribution in [0.1, 0.15) is 23.0 Å². The number of fused-ring (bicyclic) bond motifs is 1. The number of benzene rings is 2. The van der Waals surface area contributed by atoms with E-state index in [0.717, 1.165) is 21.2 Å². The van der Waals surface area contributed by atoms with Gasteiger partial charge in [0.25, 0.3) is 5.91 Å². The highest BCUT2D eigenvalue weighted by atomic mass is 32.1. The smallest absolute Gasteiger partial charge is 0.346 e. The third-order valence-electron chi connectivity index (χ3n) is 4.35. The standard InChI is InChI=1S/C22H18N4O3S/c1-2-29-19-10-9-14-6-3-4-7-15(14)16(19)13-23-26-21(27)18-12-17(24-22(28)25-18)20-8-5-11-30-20/h3-13H,2H2,1H3,(H,26,27)(H,24,25,28)/b23-13+. The molecule has 2 N–H and O–H groups in total. The normalized spacial score (nSPS) is 11.1. The molecule has 2 aromatic carbocycles. The Morgan fingerprint density at radius 1 is 1.23 bits per heavy atom. The van der Waals surface area contributed by atoms with Gasteiger partial charge in [0.2, 0.25) is 0 Å². The molecule has 0 bridgehead atoms. The number of aromatic amines is 1. The van der Waals surface area contributed by atoms with Gasteiger partial charge < -0.3 is 9.72 Å². The molecule has 0 saturated heterocycles. The lowest BCUT2D eigenvalue weighted by atomic mass is 10.0. The maximum Gasteiger partial charge on any atom is 0.346 e. The molecule has 7 nitrogen and oxygen atoms in total. The number of carbonyl (C=O) groups is 1. The topological polar surface area (TPSA) is 96.4 Å². The van der Waals surface area contributed by atoms with Crippen LogP contribution >= 0.6 is 11.3 Å². The molecule has 0 aliphatic heterocycles. The fourth-order valence-electron chi connectivity index (χ4n) is 3.04. The lowest BCUT2D eigenvalue weighted by Gasteiger charge is -2.10. The van der Waals surface area contributed by atoms with Crippen LogP contribution in [0.15, 0.2) is 69.9 Å². The Bertz CT molecular complexity index is 1280. The van der Waals surface area contributed by atoms with Crippen LogP contribution in [-0.2, 0) is 0 Å². The minimum Gasteiger partial charge on any atom is -0.493 e. The van der Waals surface area contributed by atoms with Crippen LogP contribution in [0, 0.1) is 0 Å². The van der Waals surface area contributed by atoms with Gasteiger partial charge in [-0.3, -0.25) is 4.79 Å². The highest BCUT2D eigenvalue weighted by molar-refractivity contribution is 7.13. The summed E-state index contributed by atoms with van der Waals surface area (Å²) >= 11 is 1.45. The Labute approximate surface area is 176 Å². The van der Waals surface area contributed by atoms with Crippen molar-refractivity contribution in [3.63, 3.8) is 0 Å². The van der Waals surface area contributed by atoms with E-state index in [1.54, 1.807) is 6.21 Å². The molecule has 8 heteroatoms. The van der Waals surface area contributed by atoms with E-state index < -0.39 is 11.6 Å². The molecular weight excluding hydrogens is 400 g/mol. The van der Waals surface area contributed by atoms with Gasteiger partial charge in [0.1, 0.15) is 11.4 Å². The van der Waals surface area contributed by atoms with Gasteiger partial charge in [-0.05, 0) is 41.3 Å². The Hall–Kier alpha value is -3.78. The zero-order chi connectivity index (χ0) is 20.9. The second-order valence-corrected chi connectivity index (χ2v) is 7.24. The Kier molecular flexibility index (Phi) is 5.67. The number of nitrogens with zero attached hydrogens (tertiary/aromatic N) is 2. The van der Waals surface area contributed by atoms with Gasteiger partial charge in [0.15, 0.2) is 0 Å². The van der Waals surface area contributed by atoms with Crippen LogP contribution in [0.4, 0.5) is 0 Å². The molecule has 0 unspecified atom stereocenters. The average Bonchev–Trinajstić information content (AvgIpc) is 3.29. The van der Waals surface area contributed by atoms with Crippen molar-refractivity contribution in [2.45, 2.75) is 6.92 Å². The maximum absolute atomic E-state index is 12.5. The summed E-state index contributed by atoms with van der Waals surface area (Å²) in [7, 11) is 0. The molecule has 0 saturated carbocycles. The molecule has 30 heavy (non-hydrogen) atoms. The van der Waals surface area contributed by atoms with Crippen molar-refractivity contribution in [2.24, 2.45) is 5.10 Å². The van der Waals surface area contributed by atoms with Crippen LogP contribution in [0.5, 0.6) is 5.75 Å². The summed E-state index contributed by atoms with van der Waals surface area (Å²) in [6, 6.07) is 16.9. The van der Waals surface area contributed by atoms with Crippen molar-refractivity contribution >= 4 is 34.2 Å². The van der Waals surface area contributed by atoms with Gasteiger partial charge in [-0.25, -0.2) is 10.2 Å². The number of hydrogen-bond acceptors (Lipinski definition) is 6. The first-order valence-electron chi connectivity index (χ1n) is 9.29. The summed E-state index contributed by atoms with van der Waals surface area (Å²) in [4.78, 5) is 31.6. The van der Waals surface area contributed by atoms with Gasteiger partial charge in [0, 0.05) is 5.56 Å². The van der Waals surface area contributed by atoms with Crippen molar-refractivity contribution in [3.05, 3.63) is 81.7 Å². The molecular formula is C22H18N4O3S. The second-order valence-electron chi connectivity index (χ2n) is 6.29. The van der Waals surface area contributed by atoms with E-state index in [1.165, 1.54) is 17.4 Å². The quantitative estimate of drug-likeness (QED) is 0.368. The van der Waals surface area contributed by atoms with Crippen molar-refractivity contribution in [3.8, 4) is 16.3 Å². The first-order chi connectivity index (χ1) is 14.7. The van der Waals surface area contributed by atoms with E-state index >= 15 is 0 Å². The predicted molar refractivity (Wildman–Crippen MR) is 118 cm³/mol. The minimum atomic E-state index is -0.595. The van der Waals surface area contributed by atoms with Gasteiger partial charge in [-0.1, -0.05) is 36.4 Å². The molecule has 4 rings (SSSR count). The molecule has 1 amide bonds. The second kappa shape index (κ2) is 8.71. The third-order valence-corrected chi connectivity index (χ3v) is 5.26. The van der Waals surface area contributed by atoms with Crippen molar-refractivity contribution in [2.75, 3.05) is 6.61 Å². The number of amides is 1. The van der Waals surface area contributed by atoms with E-state index in [9.17, 15) is 9.59 Å². The van der Waals surface area contributed by atoms with Crippen LogP contribution < -0.4 is 15.9 Å². The number of thiophene rings is 1. The number of hydrogen-bond donors (Lipinski definition) is 2. The number of carbonyl (C=O) groups excluding carboxylic acids is 1. The van der Waals surface area contributed by atoms with E-state index in [4.69, 9.17) is 4.74 Å². The first kappa shape index (κ1) is 19.5. The molecule has 4 aromatic rings. The predicted octanol–water partition coefficient (Wildman–Crippen LogP) is 3.81. The molecule has 0 aliphatic carbocycles. The molecule has 0 aliphatic rings. The summed E-state index contributed by atoms with van der Waals surface area (Å²) in [6.07, 6.45) is 1.54. The Balaban J connectivity index is 1.60. The average molecular weight is 418 g/mol. The number of ether oxygens (including phenoxy) is 1. The van der Waals surface area contributed by atoms with Gasteiger partial charge >= 0.3 is 5.69 Å². The molecule has 0 atom stereocenters. The van der Waals surface area contributed by atoms with Crippen molar-refractivity contribution < 1.29 is 9.53 Å². The van der Waals surface area contributed by atoms with Crippen LogP contribution in [0.3, 0.4) is 0 Å². The maximum atomic E-state index is 12.5. The SMILES string of the molecule is CCOc1ccc2ccccc2c1/C=N/NC(=O)c1cc(-c2cccs2)[nH]c(=O)n1. The Morgan fingerprint density at radius 2 is 2.10 bits per heavy atom. The highest BCUT2D eigenvalue weighted by Gasteiger charge is 2.12.